The smallest absolute Gasteiger partial charge is 0.338 e. The van der Waals surface area contributed by atoms with Gasteiger partial charge in [-0.15, -0.1) is 0 Å². The number of carbonyl (C=O) groups is 1. The predicted octanol–water partition coefficient (Wildman–Crippen LogP) is 4.99. The lowest BCUT2D eigenvalue weighted by molar-refractivity contribution is -0.219. The normalized spacial score (nSPS) is 43.6. The maximum absolute atomic E-state index is 12.7. The molecule has 0 spiro atoms. The average molecular weight is 513 g/mol. The van der Waals surface area contributed by atoms with Crippen molar-refractivity contribution in [3.05, 3.63) is 48.0 Å². The first kappa shape index (κ1) is 26.9. The van der Waals surface area contributed by atoms with Gasteiger partial charge < -0.3 is 24.4 Å². The highest BCUT2D eigenvalue weighted by Crippen LogP contribution is 2.67. The van der Waals surface area contributed by atoms with Crippen molar-refractivity contribution in [3.8, 4) is 0 Å². The van der Waals surface area contributed by atoms with Crippen molar-refractivity contribution in [1.82, 2.24) is 0 Å². The number of hydrogen-bond acceptors (Lipinski definition) is 6. The van der Waals surface area contributed by atoms with Gasteiger partial charge in [0.25, 0.3) is 0 Å². The fourth-order valence-electron chi connectivity index (χ4n) is 9.18. The first-order chi connectivity index (χ1) is 17.6. The Balaban J connectivity index is 1.38. The highest BCUT2D eigenvalue weighted by Gasteiger charge is 2.66. The quantitative estimate of drug-likeness (QED) is 0.317. The molecule has 4 aliphatic carbocycles. The van der Waals surface area contributed by atoms with Crippen LogP contribution in [0.3, 0.4) is 0 Å². The number of carbonyl (C=O) groups excluding carboxylic acids is 1. The number of fused-ring (bicyclic) bond motifs is 5. The van der Waals surface area contributed by atoms with Gasteiger partial charge in [-0.25, -0.2) is 4.79 Å². The molecule has 1 aromatic rings. The number of methoxy groups -OCH3 is 2. The van der Waals surface area contributed by atoms with Crippen LogP contribution in [0, 0.1) is 40.4 Å². The summed E-state index contributed by atoms with van der Waals surface area (Å²) in [5.41, 5.74) is -1.25. The third kappa shape index (κ3) is 4.10. The Kier molecular flexibility index (Phi) is 7.10. The second-order valence-corrected chi connectivity index (χ2v) is 12.6. The van der Waals surface area contributed by atoms with Gasteiger partial charge in [0.05, 0.1) is 17.3 Å². The van der Waals surface area contributed by atoms with E-state index >= 15 is 0 Å². The molecule has 37 heavy (non-hydrogen) atoms. The molecule has 2 N–H and O–H groups in total. The lowest BCUT2D eigenvalue weighted by Gasteiger charge is -2.63. The highest BCUT2D eigenvalue weighted by molar-refractivity contribution is 5.89. The van der Waals surface area contributed by atoms with E-state index in [2.05, 4.69) is 26.8 Å². The maximum Gasteiger partial charge on any atom is 0.338 e. The average Bonchev–Trinajstić information content (AvgIpc) is 3.24. The van der Waals surface area contributed by atoms with Gasteiger partial charge in [-0.05, 0) is 66.9 Å². The molecular formula is C31H44O6. The minimum Gasteiger partial charge on any atom is -0.459 e. The summed E-state index contributed by atoms with van der Waals surface area (Å²) in [4.78, 5) is 12.7. The van der Waals surface area contributed by atoms with Crippen LogP contribution in [0.2, 0.25) is 0 Å². The Bertz CT molecular complexity index is 1010. The zero-order valence-corrected chi connectivity index (χ0v) is 22.9. The van der Waals surface area contributed by atoms with Crippen LogP contribution in [0.5, 0.6) is 0 Å². The predicted molar refractivity (Wildman–Crippen MR) is 141 cm³/mol. The van der Waals surface area contributed by atoms with Crippen LogP contribution in [0.15, 0.2) is 42.5 Å². The molecule has 204 valence electrons. The maximum atomic E-state index is 12.7. The Labute approximate surface area is 221 Å². The molecule has 0 bridgehead atoms. The summed E-state index contributed by atoms with van der Waals surface area (Å²) in [5.74, 6) is 1.36. The van der Waals surface area contributed by atoms with Crippen LogP contribution in [0.1, 0.15) is 69.7 Å². The summed E-state index contributed by atoms with van der Waals surface area (Å²) in [6.45, 7) is 6.76. The largest absolute Gasteiger partial charge is 0.459 e. The Morgan fingerprint density at radius 2 is 1.76 bits per heavy atom. The molecule has 1 unspecified atom stereocenters. The second kappa shape index (κ2) is 9.78. The van der Waals surface area contributed by atoms with Crippen molar-refractivity contribution in [2.24, 2.45) is 40.4 Å². The van der Waals surface area contributed by atoms with Crippen LogP contribution in [-0.2, 0) is 14.2 Å². The van der Waals surface area contributed by atoms with Crippen molar-refractivity contribution < 1.29 is 29.2 Å². The Morgan fingerprint density at radius 1 is 1.05 bits per heavy atom. The van der Waals surface area contributed by atoms with Gasteiger partial charge in [0.15, 0.2) is 6.29 Å². The molecule has 0 aromatic heterocycles. The third-order valence-electron chi connectivity index (χ3n) is 11.2. The lowest BCUT2D eigenvalue weighted by Crippen LogP contribution is -2.66. The van der Waals surface area contributed by atoms with E-state index in [9.17, 15) is 15.0 Å². The Hall–Kier alpha value is -1.73. The van der Waals surface area contributed by atoms with E-state index in [1.165, 1.54) is 0 Å². The zero-order valence-electron chi connectivity index (χ0n) is 22.9. The number of aliphatic hydroxyl groups is 2. The molecule has 0 radical (unpaired) electrons. The molecule has 0 saturated heterocycles. The van der Waals surface area contributed by atoms with E-state index in [1.807, 2.05) is 12.1 Å². The van der Waals surface area contributed by atoms with Crippen molar-refractivity contribution in [1.29, 1.82) is 0 Å². The van der Waals surface area contributed by atoms with Crippen molar-refractivity contribution in [2.45, 2.75) is 83.4 Å². The van der Waals surface area contributed by atoms with Crippen molar-refractivity contribution in [2.75, 3.05) is 14.2 Å². The molecule has 0 heterocycles. The number of benzene rings is 1. The van der Waals surface area contributed by atoms with Crippen LogP contribution < -0.4 is 0 Å². The van der Waals surface area contributed by atoms with Gasteiger partial charge >= 0.3 is 5.97 Å². The SMILES string of the molecule is COC(OC)C(C)[C@H]1CC[C@H]2[C@@H]3C=C[C@@]4(O)C[C@@H](OC(=O)c5ccccc5)C[C@H](O)[C@]4(C)[C@H]3CC[C@]12C. The minimum absolute atomic E-state index is 0.166. The molecule has 3 fully saturated rings. The second-order valence-electron chi connectivity index (χ2n) is 12.6. The van der Waals surface area contributed by atoms with Crippen LogP contribution in [0.25, 0.3) is 0 Å². The molecular weight excluding hydrogens is 468 g/mol. The van der Waals surface area contributed by atoms with Gasteiger partial charge in [0.2, 0.25) is 0 Å². The first-order valence-electron chi connectivity index (χ1n) is 14.0. The molecule has 4 aliphatic rings. The number of rotatable bonds is 6. The molecule has 1 aromatic carbocycles. The summed E-state index contributed by atoms with van der Waals surface area (Å²) in [5, 5.41) is 23.6. The summed E-state index contributed by atoms with van der Waals surface area (Å²) >= 11 is 0. The fraction of sp³-hybridized carbons (Fsp3) is 0.710. The van der Waals surface area contributed by atoms with Crippen molar-refractivity contribution in [3.63, 3.8) is 0 Å². The van der Waals surface area contributed by atoms with Crippen molar-refractivity contribution >= 4 is 5.97 Å². The van der Waals surface area contributed by atoms with Gasteiger partial charge in [-0.3, -0.25) is 0 Å². The number of aliphatic hydroxyl groups excluding tert-OH is 1. The summed E-state index contributed by atoms with van der Waals surface area (Å²) in [6, 6.07) is 8.91. The van der Waals surface area contributed by atoms with E-state index in [0.29, 0.717) is 42.1 Å². The highest BCUT2D eigenvalue weighted by atomic mass is 16.7. The first-order valence-corrected chi connectivity index (χ1v) is 14.0. The summed E-state index contributed by atoms with van der Waals surface area (Å²) in [7, 11) is 3.44. The van der Waals surface area contributed by atoms with Gasteiger partial charge in [0, 0.05) is 38.4 Å². The van der Waals surface area contributed by atoms with Crippen LogP contribution >= 0.6 is 0 Å². The monoisotopic (exact) mass is 512 g/mol. The van der Waals surface area contributed by atoms with E-state index in [-0.39, 0.29) is 17.6 Å². The fourth-order valence-corrected chi connectivity index (χ4v) is 9.18. The third-order valence-corrected chi connectivity index (χ3v) is 11.2. The lowest BCUT2D eigenvalue weighted by atomic mass is 9.44. The zero-order chi connectivity index (χ0) is 26.6. The molecule has 6 heteroatoms. The molecule has 5 rings (SSSR count). The van der Waals surface area contributed by atoms with Crippen LogP contribution in [0.4, 0.5) is 0 Å². The summed E-state index contributed by atoms with van der Waals surface area (Å²) < 4.78 is 17.1. The molecule has 0 aliphatic heterocycles. The van der Waals surface area contributed by atoms with E-state index in [0.717, 1.165) is 25.7 Å². The molecule has 0 amide bonds. The molecule has 6 nitrogen and oxygen atoms in total. The van der Waals surface area contributed by atoms with E-state index < -0.39 is 29.2 Å². The van der Waals surface area contributed by atoms with Crippen LogP contribution in [-0.4, -0.2) is 54.5 Å². The van der Waals surface area contributed by atoms with Gasteiger partial charge in [0.1, 0.15) is 6.10 Å². The van der Waals surface area contributed by atoms with E-state index in [1.54, 1.807) is 38.5 Å². The minimum atomic E-state index is -1.22. The van der Waals surface area contributed by atoms with E-state index in [4.69, 9.17) is 14.2 Å². The standard InChI is InChI=1S/C31H44O6/c1-19(28(35-4)36-5)23-11-12-24-22-13-16-31(34)18-21(37-27(33)20-9-7-6-8-10-20)17-26(32)30(31,3)25(22)14-15-29(23,24)2/h6-10,13,16,19,21-26,28,32,34H,11-12,14-15,17-18H2,1-5H3/t19?,21-,22-,23+,24-,25-,26-,29+,30-,31+/m0/s1. The summed E-state index contributed by atoms with van der Waals surface area (Å²) in [6.07, 6.45) is 7.63. The van der Waals surface area contributed by atoms with Gasteiger partial charge in [-0.2, -0.15) is 0 Å². The topological polar surface area (TPSA) is 85.2 Å². The number of esters is 1. The molecule has 10 atom stereocenters. The number of allylic oxidation sites excluding steroid dienone is 1. The van der Waals surface area contributed by atoms with Gasteiger partial charge in [-0.1, -0.05) is 51.1 Å². The molecule has 3 saturated carbocycles. The number of hydrogen-bond donors (Lipinski definition) is 2. The number of ether oxygens (including phenoxy) is 3. The Morgan fingerprint density at radius 3 is 2.43 bits per heavy atom.